The van der Waals surface area contributed by atoms with Crippen LogP contribution in [0.25, 0.3) is 33.9 Å². The molecular formula is C14H9N5O. The summed E-state index contributed by atoms with van der Waals surface area (Å²) in [7, 11) is 0. The molecule has 0 aliphatic heterocycles. The van der Waals surface area contributed by atoms with Crippen LogP contribution in [-0.2, 0) is 0 Å². The van der Waals surface area contributed by atoms with Gasteiger partial charge in [0.05, 0.1) is 0 Å². The molecule has 2 heterocycles. The molecule has 4 aromatic rings. The number of rotatable bonds is 2. The Kier molecular flexibility index (Phi) is 2.32. The topological polar surface area (TPSA) is 80.5 Å². The van der Waals surface area contributed by atoms with Crippen molar-refractivity contribution in [2.24, 2.45) is 0 Å². The third-order valence-electron chi connectivity index (χ3n) is 3.03. The lowest BCUT2D eigenvalue weighted by Crippen LogP contribution is -1.82. The van der Waals surface area contributed by atoms with Crippen LogP contribution in [0.4, 0.5) is 0 Å². The van der Waals surface area contributed by atoms with Crippen LogP contribution in [0, 0.1) is 0 Å². The highest BCUT2D eigenvalue weighted by atomic mass is 16.3. The van der Waals surface area contributed by atoms with E-state index in [4.69, 9.17) is 4.42 Å². The zero-order valence-corrected chi connectivity index (χ0v) is 10.3. The summed E-state index contributed by atoms with van der Waals surface area (Å²) in [5, 5.41) is 13.8. The highest BCUT2D eigenvalue weighted by molar-refractivity contribution is 5.76. The number of aromatic nitrogens is 5. The minimum atomic E-state index is 0.564. The summed E-state index contributed by atoms with van der Waals surface area (Å²) >= 11 is 0. The summed E-state index contributed by atoms with van der Waals surface area (Å²) in [4.78, 5) is 4.46. The molecular weight excluding hydrogens is 254 g/mol. The van der Waals surface area contributed by atoms with Gasteiger partial charge in [-0.05, 0) is 29.5 Å². The van der Waals surface area contributed by atoms with Crippen molar-refractivity contribution < 1.29 is 4.42 Å². The summed E-state index contributed by atoms with van der Waals surface area (Å²) < 4.78 is 5.72. The average Bonchev–Trinajstić information content (AvgIpc) is 3.17. The van der Waals surface area contributed by atoms with Crippen LogP contribution in [0.2, 0.25) is 0 Å². The molecule has 0 aliphatic carbocycles. The van der Waals surface area contributed by atoms with E-state index in [0.29, 0.717) is 11.7 Å². The van der Waals surface area contributed by atoms with Crippen LogP contribution in [0.1, 0.15) is 0 Å². The fourth-order valence-corrected chi connectivity index (χ4v) is 2.04. The first kappa shape index (κ1) is 10.9. The number of para-hydroxylation sites is 2. The standard InChI is InChI=1S/C14H9N5O/c1-2-4-12-11(3-1)15-14(20-12)10-7-5-9(6-8-10)13-16-18-19-17-13/h1-8H,(H,16,17,18,19). The molecule has 2 aromatic carbocycles. The number of hydrogen-bond acceptors (Lipinski definition) is 5. The Labute approximate surface area is 113 Å². The number of tetrazole rings is 1. The molecule has 1 N–H and O–H groups in total. The molecule has 0 atom stereocenters. The molecule has 0 unspecified atom stereocenters. The number of nitrogens with zero attached hydrogens (tertiary/aromatic N) is 4. The van der Waals surface area contributed by atoms with E-state index in [-0.39, 0.29) is 0 Å². The summed E-state index contributed by atoms with van der Waals surface area (Å²) in [6.07, 6.45) is 0. The molecule has 0 fully saturated rings. The fourth-order valence-electron chi connectivity index (χ4n) is 2.04. The second kappa shape index (κ2) is 4.27. The molecule has 2 aromatic heterocycles. The van der Waals surface area contributed by atoms with Crippen LogP contribution in [-0.4, -0.2) is 25.6 Å². The molecule has 0 amide bonds. The molecule has 0 spiro atoms. The third-order valence-corrected chi connectivity index (χ3v) is 3.03. The predicted octanol–water partition coefficient (Wildman–Crippen LogP) is 2.67. The molecule has 6 heteroatoms. The normalized spacial score (nSPS) is 11.0. The lowest BCUT2D eigenvalue weighted by Gasteiger charge is -1.97. The van der Waals surface area contributed by atoms with E-state index in [2.05, 4.69) is 25.6 Å². The van der Waals surface area contributed by atoms with E-state index >= 15 is 0 Å². The highest BCUT2D eigenvalue weighted by Gasteiger charge is 2.08. The number of nitrogens with one attached hydrogen (secondary N) is 1. The van der Waals surface area contributed by atoms with Gasteiger partial charge in [0.25, 0.3) is 0 Å². The van der Waals surface area contributed by atoms with E-state index in [1.54, 1.807) is 0 Å². The second-order valence-corrected chi connectivity index (χ2v) is 4.30. The maximum atomic E-state index is 5.72. The largest absolute Gasteiger partial charge is 0.436 e. The van der Waals surface area contributed by atoms with E-state index in [1.165, 1.54) is 0 Å². The Hall–Kier alpha value is -3.02. The minimum Gasteiger partial charge on any atom is -0.436 e. The monoisotopic (exact) mass is 263 g/mol. The van der Waals surface area contributed by atoms with Crippen LogP contribution < -0.4 is 0 Å². The van der Waals surface area contributed by atoms with Gasteiger partial charge >= 0.3 is 0 Å². The Morgan fingerprint density at radius 3 is 2.45 bits per heavy atom. The first-order chi connectivity index (χ1) is 9.90. The van der Waals surface area contributed by atoms with Crippen molar-refractivity contribution >= 4 is 11.1 Å². The van der Waals surface area contributed by atoms with Gasteiger partial charge < -0.3 is 4.42 Å². The van der Waals surface area contributed by atoms with Gasteiger partial charge in [0, 0.05) is 11.1 Å². The Bertz CT molecular complexity index is 816. The minimum absolute atomic E-state index is 0.564. The van der Waals surface area contributed by atoms with Crippen molar-refractivity contribution in [3.63, 3.8) is 0 Å². The molecule has 96 valence electrons. The Morgan fingerprint density at radius 2 is 1.70 bits per heavy atom. The summed E-state index contributed by atoms with van der Waals surface area (Å²) in [6, 6.07) is 15.4. The highest BCUT2D eigenvalue weighted by Crippen LogP contribution is 2.25. The zero-order chi connectivity index (χ0) is 13.4. The lowest BCUT2D eigenvalue weighted by molar-refractivity contribution is 0.620. The molecule has 0 saturated carbocycles. The predicted molar refractivity (Wildman–Crippen MR) is 72.6 cm³/mol. The number of oxazole rings is 1. The van der Waals surface area contributed by atoms with Crippen molar-refractivity contribution in [2.75, 3.05) is 0 Å². The maximum Gasteiger partial charge on any atom is 0.227 e. The molecule has 6 nitrogen and oxygen atoms in total. The van der Waals surface area contributed by atoms with Crippen LogP contribution in [0.3, 0.4) is 0 Å². The average molecular weight is 263 g/mol. The van der Waals surface area contributed by atoms with Gasteiger partial charge in [-0.2, -0.15) is 5.21 Å². The molecule has 0 aliphatic rings. The van der Waals surface area contributed by atoms with Crippen LogP contribution >= 0.6 is 0 Å². The van der Waals surface area contributed by atoms with Crippen molar-refractivity contribution in [1.82, 2.24) is 25.6 Å². The van der Waals surface area contributed by atoms with Crippen molar-refractivity contribution in [3.8, 4) is 22.8 Å². The molecule has 0 bridgehead atoms. The summed E-state index contributed by atoms with van der Waals surface area (Å²) in [6.45, 7) is 0. The lowest BCUT2D eigenvalue weighted by atomic mass is 10.1. The number of fused-ring (bicyclic) bond motifs is 1. The van der Waals surface area contributed by atoms with E-state index in [9.17, 15) is 0 Å². The summed E-state index contributed by atoms with van der Waals surface area (Å²) in [5.74, 6) is 1.17. The zero-order valence-electron chi connectivity index (χ0n) is 10.3. The fraction of sp³-hybridized carbons (Fsp3) is 0. The second-order valence-electron chi connectivity index (χ2n) is 4.30. The number of aromatic amines is 1. The van der Waals surface area contributed by atoms with Gasteiger partial charge in [-0.3, -0.25) is 0 Å². The van der Waals surface area contributed by atoms with Crippen molar-refractivity contribution in [2.45, 2.75) is 0 Å². The van der Waals surface area contributed by atoms with Gasteiger partial charge in [0.1, 0.15) is 5.52 Å². The molecule has 0 saturated heterocycles. The number of hydrogen-bond donors (Lipinski definition) is 1. The van der Waals surface area contributed by atoms with Crippen molar-refractivity contribution in [3.05, 3.63) is 48.5 Å². The smallest absolute Gasteiger partial charge is 0.227 e. The number of benzene rings is 2. The quantitative estimate of drug-likeness (QED) is 0.601. The van der Waals surface area contributed by atoms with E-state index < -0.39 is 0 Å². The Balaban J connectivity index is 1.75. The first-order valence-electron chi connectivity index (χ1n) is 6.10. The van der Waals surface area contributed by atoms with E-state index in [1.807, 2.05) is 48.5 Å². The van der Waals surface area contributed by atoms with Crippen molar-refractivity contribution in [1.29, 1.82) is 0 Å². The summed E-state index contributed by atoms with van der Waals surface area (Å²) in [5.41, 5.74) is 3.43. The van der Waals surface area contributed by atoms with Gasteiger partial charge in [-0.1, -0.05) is 24.3 Å². The number of H-pyrrole nitrogens is 1. The van der Waals surface area contributed by atoms with E-state index in [0.717, 1.165) is 22.2 Å². The molecule has 4 rings (SSSR count). The first-order valence-corrected chi connectivity index (χ1v) is 6.10. The Morgan fingerprint density at radius 1 is 0.900 bits per heavy atom. The molecule has 0 radical (unpaired) electrons. The third kappa shape index (κ3) is 1.74. The van der Waals surface area contributed by atoms with Crippen LogP contribution in [0.5, 0.6) is 0 Å². The van der Waals surface area contributed by atoms with Gasteiger partial charge in [-0.25, -0.2) is 4.98 Å². The molecule has 20 heavy (non-hydrogen) atoms. The SMILES string of the molecule is c1ccc2oc(-c3ccc(-c4nn[nH]n4)cc3)nc2c1. The van der Waals surface area contributed by atoms with Gasteiger partial charge in [-0.15, -0.1) is 10.2 Å². The maximum absolute atomic E-state index is 5.72. The van der Waals surface area contributed by atoms with Crippen LogP contribution in [0.15, 0.2) is 52.9 Å². The van der Waals surface area contributed by atoms with Gasteiger partial charge in [0.15, 0.2) is 5.58 Å². The van der Waals surface area contributed by atoms with Gasteiger partial charge in [0.2, 0.25) is 11.7 Å².